The minimum Gasteiger partial charge on any atom is -0.340 e. The van der Waals surface area contributed by atoms with Crippen LogP contribution < -0.4 is 5.32 Å². The summed E-state index contributed by atoms with van der Waals surface area (Å²) in [6, 6.07) is 0.326. The summed E-state index contributed by atoms with van der Waals surface area (Å²) in [7, 11) is 0. The molecule has 0 aliphatic carbocycles. The molecule has 0 aromatic heterocycles. The first kappa shape index (κ1) is 17.7. The zero-order chi connectivity index (χ0) is 12.8. The molecular formula is C14H29ClN2O. The smallest absolute Gasteiger partial charge is 0.222 e. The van der Waals surface area contributed by atoms with E-state index in [0.29, 0.717) is 23.8 Å². The molecule has 1 aliphatic rings. The first-order chi connectivity index (χ1) is 8.00. The normalized spacial score (nSPS) is 19.1. The third kappa shape index (κ3) is 6.05. The van der Waals surface area contributed by atoms with Crippen LogP contribution in [0.2, 0.25) is 0 Å². The summed E-state index contributed by atoms with van der Waals surface area (Å²) < 4.78 is 0. The van der Waals surface area contributed by atoms with Crippen LogP contribution in [0.4, 0.5) is 0 Å². The monoisotopic (exact) mass is 276 g/mol. The Morgan fingerprint density at radius 1 is 1.33 bits per heavy atom. The number of rotatable bonds is 6. The molecule has 18 heavy (non-hydrogen) atoms. The fourth-order valence-corrected chi connectivity index (χ4v) is 2.43. The van der Waals surface area contributed by atoms with Gasteiger partial charge in [-0.25, -0.2) is 0 Å². The van der Waals surface area contributed by atoms with E-state index in [1.165, 1.54) is 6.42 Å². The molecule has 0 saturated carbocycles. The van der Waals surface area contributed by atoms with Crippen LogP contribution in [-0.4, -0.2) is 36.5 Å². The van der Waals surface area contributed by atoms with E-state index < -0.39 is 0 Å². The van der Waals surface area contributed by atoms with Gasteiger partial charge >= 0.3 is 0 Å². The van der Waals surface area contributed by atoms with Gasteiger partial charge in [0.05, 0.1) is 0 Å². The molecule has 1 saturated heterocycles. The second-order valence-electron chi connectivity index (χ2n) is 5.93. The lowest BCUT2D eigenvalue weighted by Crippen LogP contribution is -2.39. The zero-order valence-corrected chi connectivity index (χ0v) is 13.1. The summed E-state index contributed by atoms with van der Waals surface area (Å²) >= 11 is 0. The number of amides is 1. The zero-order valence-electron chi connectivity index (χ0n) is 12.2. The summed E-state index contributed by atoms with van der Waals surface area (Å²) in [5, 5.41) is 3.36. The van der Waals surface area contributed by atoms with E-state index in [1.54, 1.807) is 0 Å². The van der Waals surface area contributed by atoms with E-state index in [0.717, 1.165) is 32.5 Å². The predicted molar refractivity (Wildman–Crippen MR) is 79.1 cm³/mol. The van der Waals surface area contributed by atoms with E-state index >= 15 is 0 Å². The molecule has 1 aliphatic heterocycles. The molecule has 1 atom stereocenters. The molecular weight excluding hydrogens is 248 g/mol. The van der Waals surface area contributed by atoms with Gasteiger partial charge in [0.1, 0.15) is 0 Å². The maximum Gasteiger partial charge on any atom is 0.222 e. The SMILES string of the molecule is CC(C)CN(C(=O)CCC1CCNC1)C(C)C.Cl. The minimum atomic E-state index is 0. The van der Waals surface area contributed by atoms with E-state index in [-0.39, 0.29) is 12.4 Å². The van der Waals surface area contributed by atoms with Crippen molar-refractivity contribution in [3.63, 3.8) is 0 Å². The van der Waals surface area contributed by atoms with Crippen molar-refractivity contribution in [2.24, 2.45) is 11.8 Å². The van der Waals surface area contributed by atoms with Gasteiger partial charge in [0.25, 0.3) is 0 Å². The average Bonchev–Trinajstić information content (AvgIpc) is 2.74. The Morgan fingerprint density at radius 2 is 2.00 bits per heavy atom. The Morgan fingerprint density at radius 3 is 2.44 bits per heavy atom. The minimum absolute atomic E-state index is 0. The van der Waals surface area contributed by atoms with Crippen molar-refractivity contribution in [1.29, 1.82) is 0 Å². The van der Waals surface area contributed by atoms with Gasteiger partial charge in [-0.05, 0) is 51.6 Å². The fraction of sp³-hybridized carbons (Fsp3) is 0.929. The molecule has 108 valence electrons. The first-order valence-electron chi connectivity index (χ1n) is 7.01. The van der Waals surface area contributed by atoms with E-state index in [1.807, 2.05) is 4.90 Å². The number of carbonyl (C=O) groups is 1. The lowest BCUT2D eigenvalue weighted by atomic mass is 10.0. The summed E-state index contributed by atoms with van der Waals surface area (Å²) in [6.45, 7) is 11.7. The van der Waals surface area contributed by atoms with Crippen LogP contribution in [0, 0.1) is 11.8 Å². The van der Waals surface area contributed by atoms with Crippen molar-refractivity contribution in [2.75, 3.05) is 19.6 Å². The van der Waals surface area contributed by atoms with Crippen molar-refractivity contribution < 1.29 is 4.79 Å². The highest BCUT2D eigenvalue weighted by molar-refractivity contribution is 5.85. The molecule has 1 amide bonds. The van der Waals surface area contributed by atoms with E-state index in [2.05, 4.69) is 33.0 Å². The number of halogens is 1. The van der Waals surface area contributed by atoms with Crippen LogP contribution in [0.15, 0.2) is 0 Å². The first-order valence-corrected chi connectivity index (χ1v) is 7.01. The van der Waals surface area contributed by atoms with Gasteiger partial charge in [-0.3, -0.25) is 4.79 Å². The van der Waals surface area contributed by atoms with E-state index in [9.17, 15) is 4.79 Å². The Labute approximate surface area is 118 Å². The number of hydrogen-bond donors (Lipinski definition) is 1. The predicted octanol–water partition coefficient (Wildman–Crippen LogP) is 2.69. The summed E-state index contributed by atoms with van der Waals surface area (Å²) in [5.74, 6) is 1.60. The van der Waals surface area contributed by atoms with Gasteiger partial charge < -0.3 is 10.2 Å². The highest BCUT2D eigenvalue weighted by Gasteiger charge is 2.20. The molecule has 1 rings (SSSR count). The Balaban J connectivity index is 0.00000289. The molecule has 0 spiro atoms. The van der Waals surface area contributed by atoms with Crippen LogP contribution in [0.3, 0.4) is 0 Å². The van der Waals surface area contributed by atoms with E-state index in [4.69, 9.17) is 0 Å². The summed E-state index contributed by atoms with van der Waals surface area (Å²) in [6.07, 6.45) is 3.00. The quantitative estimate of drug-likeness (QED) is 0.809. The van der Waals surface area contributed by atoms with Crippen LogP contribution >= 0.6 is 12.4 Å². The van der Waals surface area contributed by atoms with Gasteiger partial charge in [-0.15, -0.1) is 12.4 Å². The maximum absolute atomic E-state index is 12.2. The van der Waals surface area contributed by atoms with Gasteiger partial charge in [-0.1, -0.05) is 13.8 Å². The number of carbonyl (C=O) groups excluding carboxylic acids is 1. The number of nitrogens with one attached hydrogen (secondary N) is 1. The second kappa shape index (κ2) is 8.76. The van der Waals surface area contributed by atoms with Gasteiger partial charge in [-0.2, -0.15) is 0 Å². The molecule has 1 unspecified atom stereocenters. The Bertz CT molecular complexity index is 238. The molecule has 0 aromatic rings. The van der Waals surface area contributed by atoms with Crippen molar-refractivity contribution >= 4 is 18.3 Å². The van der Waals surface area contributed by atoms with Crippen LogP contribution in [0.1, 0.15) is 47.0 Å². The molecule has 0 radical (unpaired) electrons. The van der Waals surface area contributed by atoms with Crippen molar-refractivity contribution in [2.45, 2.75) is 53.0 Å². The Kier molecular flexibility index (Phi) is 8.62. The Hall–Kier alpha value is -0.280. The average molecular weight is 277 g/mol. The molecule has 1 fully saturated rings. The molecule has 1 N–H and O–H groups in total. The fourth-order valence-electron chi connectivity index (χ4n) is 2.43. The van der Waals surface area contributed by atoms with Crippen molar-refractivity contribution in [1.82, 2.24) is 10.2 Å². The van der Waals surface area contributed by atoms with Crippen molar-refractivity contribution in [3.05, 3.63) is 0 Å². The van der Waals surface area contributed by atoms with Crippen molar-refractivity contribution in [3.8, 4) is 0 Å². The molecule has 4 heteroatoms. The maximum atomic E-state index is 12.2. The summed E-state index contributed by atoms with van der Waals surface area (Å²) in [4.78, 5) is 14.2. The molecule has 3 nitrogen and oxygen atoms in total. The highest BCUT2D eigenvalue weighted by Crippen LogP contribution is 2.16. The lowest BCUT2D eigenvalue weighted by molar-refractivity contribution is -0.133. The van der Waals surface area contributed by atoms with Gasteiger partial charge in [0.2, 0.25) is 5.91 Å². The van der Waals surface area contributed by atoms with Gasteiger partial charge in [0, 0.05) is 19.0 Å². The van der Waals surface area contributed by atoms with Crippen LogP contribution in [-0.2, 0) is 4.79 Å². The van der Waals surface area contributed by atoms with Crippen LogP contribution in [0.25, 0.3) is 0 Å². The van der Waals surface area contributed by atoms with Crippen LogP contribution in [0.5, 0.6) is 0 Å². The third-order valence-corrected chi connectivity index (χ3v) is 3.43. The number of nitrogens with zero attached hydrogens (tertiary/aromatic N) is 1. The largest absolute Gasteiger partial charge is 0.340 e. The molecule has 1 heterocycles. The molecule has 0 bridgehead atoms. The third-order valence-electron chi connectivity index (χ3n) is 3.43. The summed E-state index contributed by atoms with van der Waals surface area (Å²) in [5.41, 5.74) is 0. The topological polar surface area (TPSA) is 32.3 Å². The highest BCUT2D eigenvalue weighted by atomic mass is 35.5. The number of hydrogen-bond acceptors (Lipinski definition) is 2. The molecule has 0 aromatic carbocycles. The second-order valence-corrected chi connectivity index (χ2v) is 5.93. The lowest BCUT2D eigenvalue weighted by Gasteiger charge is -2.29. The van der Waals surface area contributed by atoms with Gasteiger partial charge in [0.15, 0.2) is 0 Å². The standard InChI is InChI=1S/C14H28N2O.ClH/c1-11(2)10-16(12(3)4)14(17)6-5-13-7-8-15-9-13;/h11-13,15H,5-10H2,1-4H3;1H.